The molecule has 0 bridgehead atoms. The second kappa shape index (κ2) is 3.94. The number of allylic oxidation sites excluding steroid dienone is 4. The van der Waals surface area contributed by atoms with Gasteiger partial charge in [-0.1, -0.05) is 11.8 Å². The van der Waals surface area contributed by atoms with Gasteiger partial charge < -0.3 is 9.47 Å². The maximum atomic E-state index is 12.9. The minimum Gasteiger partial charge on any atom is -0.494 e. The Labute approximate surface area is 101 Å². The highest BCUT2D eigenvalue weighted by Crippen LogP contribution is 2.45. The Balaban J connectivity index is 2.22. The molecule has 0 amide bonds. The molecule has 0 aliphatic heterocycles. The molecule has 0 unspecified atom stereocenters. The number of halogens is 4. The van der Waals surface area contributed by atoms with E-state index in [4.69, 9.17) is 0 Å². The van der Waals surface area contributed by atoms with E-state index in [0.717, 1.165) is 14.2 Å². The van der Waals surface area contributed by atoms with Gasteiger partial charge in [0.1, 0.15) is 0 Å². The maximum Gasteiger partial charge on any atom is 0.309 e. The summed E-state index contributed by atoms with van der Waals surface area (Å²) in [6, 6.07) is 0. The molecular formula is C12H10F4O2. The number of ether oxygens (including phenoxy) is 2. The van der Waals surface area contributed by atoms with E-state index in [2.05, 4.69) is 21.3 Å². The molecule has 0 aromatic rings. The molecule has 0 radical (unpaired) electrons. The van der Waals surface area contributed by atoms with Crippen LogP contribution in [0.2, 0.25) is 0 Å². The molecule has 2 aliphatic rings. The Morgan fingerprint density at radius 3 is 1.39 bits per heavy atom. The summed E-state index contributed by atoms with van der Waals surface area (Å²) in [7, 11) is 2.25. The van der Waals surface area contributed by atoms with Crippen LogP contribution in [0.5, 0.6) is 0 Å². The molecule has 0 spiro atoms. The molecule has 2 aliphatic carbocycles. The van der Waals surface area contributed by atoms with E-state index < -0.39 is 36.2 Å². The van der Waals surface area contributed by atoms with Crippen molar-refractivity contribution in [3.05, 3.63) is 22.7 Å². The van der Waals surface area contributed by atoms with E-state index in [1.807, 2.05) is 0 Å². The molecule has 0 fully saturated rings. The fourth-order valence-electron chi connectivity index (χ4n) is 1.89. The van der Waals surface area contributed by atoms with Gasteiger partial charge in [-0.2, -0.15) is 17.6 Å². The summed E-state index contributed by atoms with van der Waals surface area (Å²) in [4.78, 5) is 0. The van der Waals surface area contributed by atoms with Crippen molar-refractivity contribution in [3.8, 4) is 11.8 Å². The van der Waals surface area contributed by atoms with Crippen LogP contribution in [0.15, 0.2) is 22.7 Å². The van der Waals surface area contributed by atoms with Crippen molar-refractivity contribution in [2.24, 2.45) is 0 Å². The minimum absolute atomic E-state index is 0.140. The molecule has 0 aromatic heterocycles. The van der Waals surface area contributed by atoms with Crippen molar-refractivity contribution in [2.45, 2.75) is 24.7 Å². The first-order valence-corrected chi connectivity index (χ1v) is 5.14. The lowest BCUT2D eigenvalue weighted by Crippen LogP contribution is -2.33. The highest BCUT2D eigenvalue weighted by molar-refractivity contribution is 5.51. The van der Waals surface area contributed by atoms with Gasteiger partial charge in [0.05, 0.1) is 38.2 Å². The molecule has 2 rings (SSSR count). The predicted octanol–water partition coefficient (Wildman–Crippen LogP) is 2.87. The van der Waals surface area contributed by atoms with Crippen LogP contribution < -0.4 is 0 Å². The van der Waals surface area contributed by atoms with Crippen LogP contribution in [-0.4, -0.2) is 26.1 Å². The van der Waals surface area contributed by atoms with E-state index >= 15 is 0 Å². The van der Waals surface area contributed by atoms with E-state index in [-0.39, 0.29) is 11.1 Å². The summed E-state index contributed by atoms with van der Waals surface area (Å²) >= 11 is 0. The molecule has 0 N–H and O–H groups in total. The van der Waals surface area contributed by atoms with Crippen molar-refractivity contribution in [2.75, 3.05) is 14.2 Å². The Morgan fingerprint density at radius 1 is 0.833 bits per heavy atom. The topological polar surface area (TPSA) is 18.5 Å². The summed E-state index contributed by atoms with van der Waals surface area (Å²) in [5, 5.41) is 0. The van der Waals surface area contributed by atoms with Crippen LogP contribution in [0, 0.1) is 11.8 Å². The molecule has 0 heterocycles. The van der Waals surface area contributed by atoms with Crippen molar-refractivity contribution in [1.29, 1.82) is 0 Å². The lowest BCUT2D eigenvalue weighted by Gasteiger charge is -2.30. The molecule has 0 saturated heterocycles. The van der Waals surface area contributed by atoms with Crippen LogP contribution in [-0.2, 0) is 9.47 Å². The van der Waals surface area contributed by atoms with E-state index in [1.165, 1.54) is 0 Å². The third kappa shape index (κ3) is 1.84. The smallest absolute Gasteiger partial charge is 0.309 e. The number of rotatable bonds is 2. The molecular weight excluding hydrogens is 252 g/mol. The maximum absolute atomic E-state index is 12.9. The van der Waals surface area contributed by atoms with Gasteiger partial charge in [0.2, 0.25) is 0 Å². The molecule has 98 valence electrons. The zero-order chi connectivity index (χ0) is 13.6. The number of alkyl halides is 4. The normalized spacial score (nSPS) is 23.7. The van der Waals surface area contributed by atoms with Crippen molar-refractivity contribution in [1.82, 2.24) is 0 Å². The molecule has 2 nitrogen and oxygen atoms in total. The Morgan fingerprint density at radius 2 is 1.17 bits per heavy atom. The lowest BCUT2D eigenvalue weighted by molar-refractivity contribution is -0.0387. The number of hydrogen-bond acceptors (Lipinski definition) is 2. The zero-order valence-corrected chi connectivity index (χ0v) is 9.74. The van der Waals surface area contributed by atoms with Gasteiger partial charge in [-0.25, -0.2) is 0 Å². The van der Waals surface area contributed by atoms with E-state index in [1.54, 1.807) is 0 Å². The van der Waals surface area contributed by atoms with Crippen LogP contribution in [0.25, 0.3) is 0 Å². The van der Waals surface area contributed by atoms with Crippen LogP contribution in [0.4, 0.5) is 17.6 Å². The quantitative estimate of drug-likeness (QED) is 0.562. The van der Waals surface area contributed by atoms with E-state index in [0.29, 0.717) is 0 Å². The van der Waals surface area contributed by atoms with Crippen molar-refractivity contribution < 1.29 is 27.0 Å². The first-order valence-electron chi connectivity index (χ1n) is 5.14. The molecule has 0 saturated carbocycles. The fraction of sp³-hybridized carbons (Fsp3) is 0.500. The molecule has 0 atom stereocenters. The van der Waals surface area contributed by atoms with Crippen molar-refractivity contribution >= 4 is 0 Å². The summed E-state index contributed by atoms with van der Waals surface area (Å²) in [6.07, 6.45) is -1.04. The second-order valence-corrected chi connectivity index (χ2v) is 4.04. The largest absolute Gasteiger partial charge is 0.494 e. The third-order valence-corrected chi connectivity index (χ3v) is 2.78. The summed E-state index contributed by atoms with van der Waals surface area (Å²) < 4.78 is 60.8. The summed E-state index contributed by atoms with van der Waals surface area (Å²) in [5.41, 5.74) is 0.279. The SMILES string of the molecule is COC1=C(C#CC2=C(OC)C(F)(F)C2)CC1(F)F. The second-order valence-electron chi connectivity index (χ2n) is 4.04. The van der Waals surface area contributed by atoms with Gasteiger partial charge in [0, 0.05) is 0 Å². The van der Waals surface area contributed by atoms with E-state index in [9.17, 15) is 17.6 Å². The monoisotopic (exact) mass is 262 g/mol. The van der Waals surface area contributed by atoms with Gasteiger partial charge in [0.15, 0.2) is 11.5 Å². The first-order chi connectivity index (χ1) is 8.31. The minimum atomic E-state index is -3.00. The molecule has 6 heteroatoms. The standard InChI is InChI=1S/C12H10F4O2/c1-17-9-7(5-11(9,13)14)3-4-8-6-12(15,16)10(8)18-2/h5-6H2,1-2H3. The summed E-state index contributed by atoms with van der Waals surface area (Å²) in [6.45, 7) is 0. The Bertz CT molecular complexity index is 462. The Hall–Kier alpha value is -1.64. The first kappa shape index (κ1) is 12.8. The average Bonchev–Trinajstić information content (AvgIpc) is 2.22. The predicted molar refractivity (Wildman–Crippen MR) is 55.0 cm³/mol. The van der Waals surface area contributed by atoms with Gasteiger partial charge >= 0.3 is 11.8 Å². The zero-order valence-electron chi connectivity index (χ0n) is 9.74. The van der Waals surface area contributed by atoms with Gasteiger partial charge in [-0.05, 0) is 0 Å². The van der Waals surface area contributed by atoms with Gasteiger partial charge in [-0.3, -0.25) is 0 Å². The highest BCUT2D eigenvalue weighted by Gasteiger charge is 2.49. The van der Waals surface area contributed by atoms with Crippen LogP contribution in [0.3, 0.4) is 0 Å². The highest BCUT2D eigenvalue weighted by atomic mass is 19.3. The summed E-state index contributed by atoms with van der Waals surface area (Å²) in [5.74, 6) is -2.10. The van der Waals surface area contributed by atoms with Gasteiger partial charge in [0.25, 0.3) is 0 Å². The van der Waals surface area contributed by atoms with Crippen LogP contribution >= 0.6 is 0 Å². The van der Waals surface area contributed by atoms with Crippen molar-refractivity contribution in [3.63, 3.8) is 0 Å². The van der Waals surface area contributed by atoms with Crippen LogP contribution in [0.1, 0.15) is 12.8 Å². The lowest BCUT2D eigenvalue weighted by atomic mass is 9.89. The Kier molecular flexibility index (Phi) is 2.80. The average molecular weight is 262 g/mol. The number of hydrogen-bond donors (Lipinski definition) is 0. The fourth-order valence-corrected chi connectivity index (χ4v) is 1.89. The third-order valence-electron chi connectivity index (χ3n) is 2.78. The molecule has 0 aromatic carbocycles. The molecule has 18 heavy (non-hydrogen) atoms. The number of methoxy groups -OCH3 is 2. The van der Waals surface area contributed by atoms with Gasteiger partial charge in [-0.15, -0.1) is 0 Å².